The van der Waals surface area contributed by atoms with E-state index in [1.165, 1.54) is 22.3 Å². The molecule has 8 aliphatic carbocycles. The van der Waals surface area contributed by atoms with Gasteiger partial charge in [0.25, 0.3) is 0 Å². The fraction of sp³-hybridized carbons (Fsp3) is 0.741. The first-order valence-corrected chi connectivity index (χ1v) is 27.8. The van der Waals surface area contributed by atoms with Gasteiger partial charge in [0, 0.05) is 45.0 Å². The molecule has 18 atom stereocenters. The number of hydrogen-bond donors (Lipinski definition) is 2. The quantitative estimate of drug-likeness (QED) is 0.0684. The number of hydrogen-bond acceptors (Lipinski definition) is 12. The van der Waals surface area contributed by atoms with Crippen molar-refractivity contribution in [1.29, 1.82) is 0 Å². The number of thioether (sulfide) groups is 2. The summed E-state index contributed by atoms with van der Waals surface area (Å²) in [5.74, 6) is 2.25. The topological polar surface area (TPSA) is 156 Å². The van der Waals surface area contributed by atoms with E-state index in [4.69, 9.17) is 39.2 Å². The Balaban J connectivity index is 0.819. The molecule has 4 N–H and O–H groups in total. The van der Waals surface area contributed by atoms with E-state index in [0.717, 1.165) is 88.6 Å². The molecule has 66 heavy (non-hydrogen) atoms. The minimum Gasteiger partial charge on any atom is -0.472 e. The molecule has 2 saturated heterocycles. The zero-order valence-electron chi connectivity index (χ0n) is 39.5. The Morgan fingerprint density at radius 2 is 1.08 bits per heavy atom. The minimum absolute atomic E-state index is 0.00988. The van der Waals surface area contributed by atoms with Crippen LogP contribution >= 0.6 is 23.5 Å². The van der Waals surface area contributed by atoms with E-state index < -0.39 is 35.0 Å². The Morgan fingerprint density at radius 3 is 1.47 bits per heavy atom. The molecular formula is C54H72N2O8S2. The molecule has 0 amide bonds. The molecule has 6 saturated carbocycles. The van der Waals surface area contributed by atoms with Crippen LogP contribution in [0.3, 0.4) is 0 Å². The van der Waals surface area contributed by atoms with Crippen LogP contribution in [0.5, 0.6) is 0 Å². The molecule has 10 nitrogen and oxygen atoms in total. The summed E-state index contributed by atoms with van der Waals surface area (Å²) in [4.78, 5) is 29.4. The van der Waals surface area contributed by atoms with Gasteiger partial charge in [-0.15, -0.1) is 0 Å². The van der Waals surface area contributed by atoms with Gasteiger partial charge in [0.05, 0.1) is 37.3 Å². The van der Waals surface area contributed by atoms with Gasteiger partial charge < -0.3 is 39.2 Å². The van der Waals surface area contributed by atoms with Crippen molar-refractivity contribution in [3.05, 3.63) is 71.6 Å². The molecule has 2 aliphatic heterocycles. The zero-order valence-corrected chi connectivity index (χ0v) is 41.1. The molecule has 0 aromatic carbocycles. The van der Waals surface area contributed by atoms with Crippen LogP contribution in [0.2, 0.25) is 0 Å². The third-order valence-electron chi connectivity index (χ3n) is 21.1. The van der Waals surface area contributed by atoms with Crippen molar-refractivity contribution < 1.29 is 37.4 Å². The molecule has 8 fully saturated rings. The van der Waals surface area contributed by atoms with E-state index in [9.17, 15) is 9.59 Å². The number of carbonyl (C=O) groups is 2. The molecule has 2 aromatic rings. The Labute approximate surface area is 399 Å². The average Bonchev–Trinajstić information content (AvgIpc) is 3.80. The van der Waals surface area contributed by atoms with E-state index in [1.54, 1.807) is 12.5 Å². The predicted molar refractivity (Wildman–Crippen MR) is 256 cm³/mol. The van der Waals surface area contributed by atoms with Crippen molar-refractivity contribution in [1.82, 2.24) is 0 Å². The third kappa shape index (κ3) is 6.14. The molecule has 0 radical (unpaired) electrons. The van der Waals surface area contributed by atoms with E-state index in [2.05, 4.69) is 52.0 Å². The molecule has 10 aliphatic rings. The van der Waals surface area contributed by atoms with E-state index in [-0.39, 0.29) is 56.6 Å². The summed E-state index contributed by atoms with van der Waals surface area (Å²) >= 11 is 3.81. The summed E-state index contributed by atoms with van der Waals surface area (Å²) in [6.45, 7) is 10.9. The van der Waals surface area contributed by atoms with Crippen LogP contribution < -0.4 is 11.5 Å². The highest BCUT2D eigenvalue weighted by atomic mass is 32.2. The first-order valence-electron chi connectivity index (χ1n) is 25.7. The predicted octanol–water partition coefficient (Wildman–Crippen LogP) is 9.87. The van der Waals surface area contributed by atoms with Crippen molar-refractivity contribution in [3.63, 3.8) is 0 Å². The van der Waals surface area contributed by atoms with Crippen molar-refractivity contribution in [2.24, 2.45) is 56.8 Å². The van der Waals surface area contributed by atoms with Gasteiger partial charge >= 0.3 is 11.9 Å². The molecule has 12 rings (SSSR count). The Kier molecular flexibility index (Phi) is 10.9. The van der Waals surface area contributed by atoms with Crippen LogP contribution in [0, 0.1) is 45.3 Å². The molecule has 358 valence electrons. The number of furan rings is 2. The summed E-state index contributed by atoms with van der Waals surface area (Å²) < 4.78 is 38.5. The van der Waals surface area contributed by atoms with E-state index in [0.29, 0.717) is 49.6 Å². The second kappa shape index (κ2) is 16.0. The number of epoxide rings is 2. The summed E-state index contributed by atoms with van der Waals surface area (Å²) in [6.07, 6.45) is 25.5. The lowest BCUT2D eigenvalue weighted by Crippen LogP contribution is -2.60. The SMILES string of the molecule is C[C@@]12C(=CC(SCCCN)CC1OC(=O)C(=O)OC1CC(SCCCN)C=C3CC[C@@H]4[C@@H](CC[C@]5(C)C(c6ccoc6)CC6O[C@]645)[C@]31C)CC[C@@H]1[C@H]2CC[C@]2(C)C(c3ccoc3)CC3O[C@]312. The largest absolute Gasteiger partial charge is 0.472 e. The summed E-state index contributed by atoms with van der Waals surface area (Å²) in [6, 6.07) is 4.30. The Hall–Kier alpha value is -2.48. The van der Waals surface area contributed by atoms with Gasteiger partial charge in [0.1, 0.15) is 23.4 Å². The summed E-state index contributed by atoms with van der Waals surface area (Å²) in [5, 5.41) is 0.366. The second-order valence-electron chi connectivity index (χ2n) is 23.2. The molecule has 4 heterocycles. The maximum atomic E-state index is 14.7. The number of fused-ring (bicyclic) bond motifs is 6. The van der Waals surface area contributed by atoms with Crippen molar-refractivity contribution in [3.8, 4) is 0 Å². The number of nitrogens with two attached hydrogens (primary N) is 2. The van der Waals surface area contributed by atoms with Gasteiger partial charge in [0.2, 0.25) is 0 Å². The van der Waals surface area contributed by atoms with Crippen LogP contribution in [0.4, 0.5) is 0 Å². The van der Waals surface area contributed by atoms with E-state index >= 15 is 0 Å². The van der Waals surface area contributed by atoms with Crippen molar-refractivity contribution in [2.45, 2.75) is 176 Å². The first-order chi connectivity index (χ1) is 31.9. The lowest BCUT2D eigenvalue weighted by atomic mass is 9.45. The maximum absolute atomic E-state index is 14.7. The van der Waals surface area contributed by atoms with Crippen molar-refractivity contribution in [2.75, 3.05) is 24.6 Å². The van der Waals surface area contributed by atoms with Crippen LogP contribution in [0.15, 0.2) is 69.3 Å². The maximum Gasteiger partial charge on any atom is 0.417 e. The molecule has 0 bridgehead atoms. The lowest BCUT2D eigenvalue weighted by Gasteiger charge is -2.60. The van der Waals surface area contributed by atoms with Crippen molar-refractivity contribution >= 4 is 35.5 Å². The Morgan fingerprint density at radius 1 is 0.636 bits per heavy atom. The first kappa shape index (κ1) is 44.7. The number of ether oxygens (including phenoxy) is 4. The Bertz CT molecular complexity index is 2110. The molecular weight excluding hydrogens is 869 g/mol. The highest BCUT2D eigenvalue weighted by Gasteiger charge is 2.82. The van der Waals surface area contributed by atoms with Gasteiger partial charge in [-0.05, 0) is 160 Å². The lowest BCUT2D eigenvalue weighted by molar-refractivity contribution is -0.189. The van der Waals surface area contributed by atoms with Crippen LogP contribution in [0.1, 0.15) is 141 Å². The zero-order chi connectivity index (χ0) is 45.4. The monoisotopic (exact) mass is 940 g/mol. The summed E-state index contributed by atoms with van der Waals surface area (Å²) in [7, 11) is 0. The van der Waals surface area contributed by atoms with Gasteiger partial charge in [-0.25, -0.2) is 9.59 Å². The van der Waals surface area contributed by atoms with Crippen LogP contribution in [-0.4, -0.2) is 82.7 Å². The van der Waals surface area contributed by atoms with Gasteiger partial charge in [-0.1, -0.05) is 51.0 Å². The number of esters is 2. The second-order valence-corrected chi connectivity index (χ2v) is 25.9. The molecule has 8 unspecified atom stereocenters. The van der Waals surface area contributed by atoms with Crippen LogP contribution in [-0.2, 0) is 28.5 Å². The van der Waals surface area contributed by atoms with E-state index in [1.807, 2.05) is 36.1 Å². The standard InChI is InChI=1S/C54H72N2O8S2/c1-49-15-11-37-39(53(49)45(63-53)27-41(49)31-13-19-59-29-31)9-7-33-23-35(65-21-5-17-55)25-43(51(33,37)3)61-47(57)48(58)62-44-26-36(66-22-6-18-56)24-34-8-10-40-38(52(34,44)4)12-16-50(2)42(32-14-20-60-30-32)28-46-54(40,50)64-46/h13-14,19-20,23-24,29-30,35-46H,5-12,15-18,21-22,25-28,55-56H2,1-4H3/t35?,36?,37-,38-,39-,40-,41?,42?,43?,44?,45?,46?,49-,50-,51+,52+,53+,54+/m1/s1. The van der Waals surface area contributed by atoms with Gasteiger partial charge in [-0.2, -0.15) is 23.5 Å². The fourth-order valence-electron chi connectivity index (χ4n) is 17.8. The normalized spacial score (nSPS) is 47.8. The molecule has 2 aromatic heterocycles. The number of rotatable bonds is 12. The average molecular weight is 941 g/mol. The summed E-state index contributed by atoms with van der Waals surface area (Å²) in [5.41, 5.74) is 16.1. The smallest absolute Gasteiger partial charge is 0.417 e. The minimum atomic E-state index is -0.839. The molecule has 12 heteroatoms. The highest BCUT2D eigenvalue weighted by Crippen LogP contribution is 2.79. The van der Waals surface area contributed by atoms with Gasteiger partial charge in [0.15, 0.2) is 0 Å². The van der Waals surface area contributed by atoms with Gasteiger partial charge in [-0.3, -0.25) is 0 Å². The third-order valence-corrected chi connectivity index (χ3v) is 23.6. The number of carbonyl (C=O) groups excluding carboxylic acids is 2. The van der Waals surface area contributed by atoms with Crippen LogP contribution in [0.25, 0.3) is 0 Å². The molecule has 2 spiro atoms. The highest BCUT2D eigenvalue weighted by molar-refractivity contribution is 8.00. The fourth-order valence-corrected chi connectivity index (χ4v) is 20.2.